The van der Waals surface area contributed by atoms with Crippen LogP contribution in [-0.4, -0.2) is 44.9 Å². The van der Waals surface area contributed by atoms with Crippen molar-refractivity contribution in [3.63, 3.8) is 0 Å². The van der Waals surface area contributed by atoms with Crippen LogP contribution in [0, 0.1) is 0 Å². The molecule has 2 rings (SSSR count). The number of benzene rings is 2. The van der Waals surface area contributed by atoms with Gasteiger partial charge in [-0.1, -0.05) is 81.0 Å². The lowest BCUT2D eigenvalue weighted by Gasteiger charge is -2.38. The molecule has 0 saturated heterocycles. The Hall–Kier alpha value is -1.26. The van der Waals surface area contributed by atoms with Crippen molar-refractivity contribution in [2.45, 2.75) is 57.9 Å². The van der Waals surface area contributed by atoms with E-state index in [0.29, 0.717) is 19.3 Å². The van der Waals surface area contributed by atoms with Crippen LogP contribution in [0.2, 0.25) is 5.02 Å². The molecular weight excluding hydrogens is 441 g/mol. The first kappa shape index (κ1) is 28.8. The van der Waals surface area contributed by atoms with Crippen LogP contribution >= 0.6 is 11.6 Å². The van der Waals surface area contributed by atoms with E-state index < -0.39 is 0 Å². The Labute approximate surface area is 207 Å². The Morgan fingerprint density at radius 2 is 1.47 bits per heavy atom. The fourth-order valence-corrected chi connectivity index (χ4v) is 4.14. The standard InChI is InChI=1S/C27H41ClNO2.ClH/c1-4-5-6-7-8-12-15-27(24-16-18-25(28)19-17-24)29(2,3)20-21-30-22-23-31-26-13-10-9-11-14-26;/h9-11,13-14,16-19,27H,4-8,12,15,20-23H2,1-3H3;1H/q+1;/p-1. The van der Waals surface area contributed by atoms with Gasteiger partial charge in [0.1, 0.15) is 24.9 Å². The van der Waals surface area contributed by atoms with Crippen molar-refractivity contribution in [2.24, 2.45) is 0 Å². The Bertz CT molecular complexity index is 707. The van der Waals surface area contributed by atoms with Gasteiger partial charge in [0.2, 0.25) is 0 Å². The molecule has 0 heterocycles. The first-order valence-corrected chi connectivity index (χ1v) is 12.2. The van der Waals surface area contributed by atoms with E-state index in [0.717, 1.165) is 28.4 Å². The van der Waals surface area contributed by atoms with Crippen molar-refractivity contribution in [2.75, 3.05) is 40.5 Å². The summed E-state index contributed by atoms with van der Waals surface area (Å²) in [4.78, 5) is 0. The summed E-state index contributed by atoms with van der Waals surface area (Å²) in [6, 6.07) is 18.8. The summed E-state index contributed by atoms with van der Waals surface area (Å²) in [5.41, 5.74) is 1.37. The highest BCUT2D eigenvalue weighted by Crippen LogP contribution is 2.31. The molecule has 0 aliphatic carbocycles. The monoisotopic (exact) mass is 481 g/mol. The SMILES string of the molecule is CCCCCCCCC(c1ccc(Cl)cc1)[N+](C)(C)CCOCCOc1ccccc1.[Cl-]. The van der Waals surface area contributed by atoms with E-state index in [1.54, 1.807) is 0 Å². The number of hydrogen-bond acceptors (Lipinski definition) is 2. The van der Waals surface area contributed by atoms with Crippen LogP contribution < -0.4 is 17.1 Å². The average molecular weight is 483 g/mol. The van der Waals surface area contributed by atoms with Crippen molar-refractivity contribution in [1.29, 1.82) is 0 Å². The topological polar surface area (TPSA) is 18.5 Å². The maximum absolute atomic E-state index is 6.15. The zero-order valence-corrected chi connectivity index (χ0v) is 21.6. The summed E-state index contributed by atoms with van der Waals surface area (Å²) in [7, 11) is 4.64. The number of quaternary nitrogens is 1. The highest BCUT2D eigenvalue weighted by atomic mass is 35.5. The van der Waals surface area contributed by atoms with Crippen LogP contribution in [0.1, 0.15) is 63.5 Å². The fourth-order valence-electron chi connectivity index (χ4n) is 4.02. The molecule has 0 radical (unpaired) electrons. The maximum atomic E-state index is 6.15. The minimum atomic E-state index is 0. The summed E-state index contributed by atoms with van der Waals surface area (Å²) in [6.07, 6.45) is 9.14. The van der Waals surface area contributed by atoms with Crippen LogP contribution in [0.25, 0.3) is 0 Å². The number of nitrogens with zero attached hydrogens (tertiary/aromatic N) is 1. The van der Waals surface area contributed by atoms with E-state index in [9.17, 15) is 0 Å². The molecule has 32 heavy (non-hydrogen) atoms. The second-order valence-corrected chi connectivity index (χ2v) is 9.34. The van der Waals surface area contributed by atoms with Gasteiger partial charge >= 0.3 is 0 Å². The van der Waals surface area contributed by atoms with Gasteiger partial charge < -0.3 is 26.4 Å². The summed E-state index contributed by atoms with van der Waals surface area (Å²) in [5.74, 6) is 0.893. The summed E-state index contributed by atoms with van der Waals surface area (Å²) >= 11 is 6.15. The molecule has 0 fully saturated rings. The highest BCUT2D eigenvalue weighted by Gasteiger charge is 2.29. The number of rotatable bonds is 16. The molecule has 0 saturated carbocycles. The molecule has 0 N–H and O–H groups in total. The highest BCUT2D eigenvalue weighted by molar-refractivity contribution is 6.30. The molecule has 5 heteroatoms. The minimum Gasteiger partial charge on any atom is -1.00 e. The second kappa shape index (κ2) is 16.4. The van der Waals surface area contributed by atoms with Crippen LogP contribution in [0.3, 0.4) is 0 Å². The number of hydrogen-bond donors (Lipinski definition) is 0. The summed E-state index contributed by atoms with van der Waals surface area (Å²) in [5, 5.41) is 0.800. The van der Waals surface area contributed by atoms with Crippen molar-refractivity contribution in [3.8, 4) is 5.75 Å². The van der Waals surface area contributed by atoms with Gasteiger partial charge in [0.15, 0.2) is 0 Å². The summed E-state index contributed by atoms with van der Waals surface area (Å²) < 4.78 is 12.5. The molecule has 180 valence electrons. The van der Waals surface area contributed by atoms with Gasteiger partial charge in [-0.3, -0.25) is 0 Å². The zero-order valence-electron chi connectivity index (χ0n) is 20.1. The van der Waals surface area contributed by atoms with Gasteiger partial charge in [0.05, 0.1) is 27.3 Å². The van der Waals surface area contributed by atoms with Gasteiger partial charge in [0.25, 0.3) is 0 Å². The molecule has 0 spiro atoms. The first-order valence-electron chi connectivity index (χ1n) is 11.9. The maximum Gasteiger partial charge on any atom is 0.119 e. The van der Waals surface area contributed by atoms with E-state index in [2.05, 4.69) is 33.2 Å². The zero-order chi connectivity index (χ0) is 22.4. The molecule has 3 nitrogen and oxygen atoms in total. The molecule has 2 aromatic rings. The number of likely N-dealkylation sites (N-methyl/N-ethyl adjacent to an activating group) is 1. The van der Waals surface area contributed by atoms with Crippen molar-refractivity contribution in [1.82, 2.24) is 0 Å². The molecule has 0 bridgehead atoms. The molecule has 1 unspecified atom stereocenters. The van der Waals surface area contributed by atoms with Crippen molar-refractivity contribution in [3.05, 3.63) is 65.2 Å². The molecule has 0 aliphatic rings. The Morgan fingerprint density at radius 1 is 0.812 bits per heavy atom. The van der Waals surface area contributed by atoms with E-state index in [1.807, 2.05) is 42.5 Å². The lowest BCUT2D eigenvalue weighted by Crippen LogP contribution is -3.00. The number of halogens is 2. The van der Waals surface area contributed by atoms with Gasteiger partial charge in [-0.25, -0.2) is 0 Å². The third-order valence-electron chi connectivity index (χ3n) is 5.98. The van der Waals surface area contributed by atoms with E-state index in [4.69, 9.17) is 21.1 Å². The third kappa shape index (κ3) is 11.0. The van der Waals surface area contributed by atoms with E-state index >= 15 is 0 Å². The van der Waals surface area contributed by atoms with Gasteiger partial charge in [-0.05, 0) is 30.7 Å². The minimum absolute atomic E-state index is 0. The summed E-state index contributed by atoms with van der Waals surface area (Å²) in [6.45, 7) is 5.15. The predicted octanol–water partition coefficient (Wildman–Crippen LogP) is 4.31. The van der Waals surface area contributed by atoms with E-state index in [-0.39, 0.29) is 12.4 Å². The van der Waals surface area contributed by atoms with Gasteiger partial charge in [-0.15, -0.1) is 0 Å². The molecule has 0 aliphatic heterocycles. The molecular formula is C27H41Cl2NO2. The third-order valence-corrected chi connectivity index (χ3v) is 6.23. The number of unbranched alkanes of at least 4 members (excludes halogenated alkanes) is 5. The largest absolute Gasteiger partial charge is 1.00 e. The second-order valence-electron chi connectivity index (χ2n) is 8.90. The molecule has 0 aromatic heterocycles. The van der Waals surface area contributed by atoms with Crippen molar-refractivity contribution < 1.29 is 26.4 Å². The lowest BCUT2D eigenvalue weighted by atomic mass is 9.96. The van der Waals surface area contributed by atoms with Crippen LogP contribution in [0.15, 0.2) is 54.6 Å². The Balaban J connectivity index is 0.00000512. The number of ether oxygens (including phenoxy) is 2. The van der Waals surface area contributed by atoms with Gasteiger partial charge in [0, 0.05) is 17.0 Å². The normalized spacial score (nSPS) is 12.2. The van der Waals surface area contributed by atoms with E-state index in [1.165, 1.54) is 50.5 Å². The van der Waals surface area contributed by atoms with Gasteiger partial charge in [-0.2, -0.15) is 0 Å². The molecule has 0 amide bonds. The smallest absolute Gasteiger partial charge is 0.119 e. The van der Waals surface area contributed by atoms with Crippen LogP contribution in [0.5, 0.6) is 5.75 Å². The van der Waals surface area contributed by atoms with Crippen molar-refractivity contribution >= 4 is 11.6 Å². The van der Waals surface area contributed by atoms with Crippen LogP contribution in [-0.2, 0) is 4.74 Å². The molecule has 2 aromatic carbocycles. The van der Waals surface area contributed by atoms with Crippen LogP contribution in [0.4, 0.5) is 0 Å². The quantitative estimate of drug-likeness (QED) is 0.262. The Kier molecular flexibility index (Phi) is 14.7. The predicted molar refractivity (Wildman–Crippen MR) is 132 cm³/mol. The molecule has 1 atom stereocenters. The Morgan fingerprint density at radius 3 is 2.16 bits per heavy atom. The number of para-hydroxylation sites is 1. The average Bonchev–Trinajstić information content (AvgIpc) is 2.77. The lowest BCUT2D eigenvalue weighted by molar-refractivity contribution is -0.922. The first-order chi connectivity index (χ1) is 15.0. The fraction of sp³-hybridized carbons (Fsp3) is 0.556.